The van der Waals surface area contributed by atoms with Gasteiger partial charge in [0.15, 0.2) is 0 Å². The van der Waals surface area contributed by atoms with E-state index in [1.807, 2.05) is 0 Å². The molecule has 0 atom stereocenters. The minimum Gasteiger partial charge on any atom is -0.317 e. The van der Waals surface area contributed by atoms with Crippen molar-refractivity contribution in [3.8, 4) is 6.07 Å². The lowest BCUT2D eigenvalue weighted by Gasteiger charge is -2.34. The molecule has 19 heavy (non-hydrogen) atoms. The van der Waals surface area contributed by atoms with E-state index >= 15 is 0 Å². The molecule has 0 aliphatic carbocycles. The number of hydrogen-bond acceptors (Lipinski definition) is 3. The number of nitriles is 1. The van der Waals surface area contributed by atoms with Crippen LogP contribution in [0.4, 0.5) is 4.39 Å². The van der Waals surface area contributed by atoms with E-state index in [2.05, 4.69) is 23.2 Å². The van der Waals surface area contributed by atoms with E-state index in [-0.39, 0.29) is 5.82 Å². The van der Waals surface area contributed by atoms with Gasteiger partial charge in [0.05, 0.1) is 11.6 Å². The number of hydrogen-bond donors (Lipinski definition) is 1. The highest BCUT2D eigenvalue weighted by molar-refractivity contribution is 5.37. The third-order valence-corrected chi connectivity index (χ3v) is 3.79. The van der Waals surface area contributed by atoms with Gasteiger partial charge < -0.3 is 5.32 Å². The van der Waals surface area contributed by atoms with E-state index in [0.717, 1.165) is 38.0 Å². The lowest BCUT2D eigenvalue weighted by molar-refractivity contribution is 0.162. The summed E-state index contributed by atoms with van der Waals surface area (Å²) in [5.41, 5.74) is 1.37. The third kappa shape index (κ3) is 3.52. The highest BCUT2D eigenvalue weighted by atomic mass is 19.1. The van der Waals surface area contributed by atoms with Crippen molar-refractivity contribution in [2.24, 2.45) is 0 Å². The third-order valence-electron chi connectivity index (χ3n) is 3.79. The Hall–Kier alpha value is -1.44. The fourth-order valence-corrected chi connectivity index (χ4v) is 2.69. The molecule has 3 nitrogen and oxygen atoms in total. The predicted octanol–water partition coefficient (Wildman–Crippen LogP) is 2.27. The van der Waals surface area contributed by atoms with Crippen LogP contribution in [0.5, 0.6) is 0 Å². The Bertz CT molecular complexity index is 461. The zero-order valence-electron chi connectivity index (χ0n) is 11.3. The number of benzene rings is 1. The maximum Gasteiger partial charge on any atom is 0.123 e. The van der Waals surface area contributed by atoms with E-state index in [4.69, 9.17) is 5.26 Å². The van der Waals surface area contributed by atoms with Crippen LogP contribution in [0.25, 0.3) is 0 Å². The van der Waals surface area contributed by atoms with Crippen molar-refractivity contribution >= 4 is 0 Å². The van der Waals surface area contributed by atoms with Crippen LogP contribution in [-0.4, -0.2) is 30.6 Å². The van der Waals surface area contributed by atoms with Gasteiger partial charge >= 0.3 is 0 Å². The molecule has 1 fully saturated rings. The van der Waals surface area contributed by atoms with E-state index < -0.39 is 0 Å². The second-order valence-corrected chi connectivity index (χ2v) is 4.96. The molecular weight excluding hydrogens is 241 g/mol. The predicted molar refractivity (Wildman–Crippen MR) is 73.1 cm³/mol. The molecule has 0 unspecified atom stereocenters. The SMILES string of the molecule is CCN(Cc1cc(F)ccc1C#N)C1CCNCC1. The van der Waals surface area contributed by atoms with E-state index in [1.54, 1.807) is 6.07 Å². The summed E-state index contributed by atoms with van der Waals surface area (Å²) in [6.07, 6.45) is 2.23. The Morgan fingerprint density at radius 1 is 1.42 bits per heavy atom. The van der Waals surface area contributed by atoms with Crippen molar-refractivity contribution in [1.29, 1.82) is 5.26 Å². The van der Waals surface area contributed by atoms with Gasteiger partial charge in [-0.15, -0.1) is 0 Å². The normalized spacial score (nSPS) is 16.5. The quantitative estimate of drug-likeness (QED) is 0.903. The molecule has 102 valence electrons. The molecule has 1 aliphatic rings. The highest BCUT2D eigenvalue weighted by Gasteiger charge is 2.20. The summed E-state index contributed by atoms with van der Waals surface area (Å²) in [6.45, 7) is 5.77. The molecule has 0 amide bonds. The molecule has 1 aromatic carbocycles. The first-order valence-corrected chi connectivity index (χ1v) is 6.88. The molecule has 0 radical (unpaired) electrons. The maximum absolute atomic E-state index is 13.3. The zero-order chi connectivity index (χ0) is 13.7. The first kappa shape index (κ1) is 14.0. The minimum atomic E-state index is -0.268. The van der Waals surface area contributed by atoms with Gasteiger partial charge in [-0.05, 0) is 56.2 Å². The van der Waals surface area contributed by atoms with Gasteiger partial charge in [0.25, 0.3) is 0 Å². The van der Waals surface area contributed by atoms with Crippen LogP contribution in [0.3, 0.4) is 0 Å². The van der Waals surface area contributed by atoms with Crippen LogP contribution in [0.1, 0.15) is 30.9 Å². The Morgan fingerprint density at radius 3 is 2.79 bits per heavy atom. The van der Waals surface area contributed by atoms with Gasteiger partial charge in [0.2, 0.25) is 0 Å². The molecule has 0 aromatic heterocycles. The van der Waals surface area contributed by atoms with Gasteiger partial charge in [-0.2, -0.15) is 5.26 Å². The summed E-state index contributed by atoms with van der Waals surface area (Å²) in [7, 11) is 0. The molecule has 1 N–H and O–H groups in total. The number of nitrogens with one attached hydrogen (secondary N) is 1. The molecular formula is C15H20FN3. The minimum absolute atomic E-state index is 0.268. The van der Waals surface area contributed by atoms with Crippen molar-refractivity contribution in [2.45, 2.75) is 32.4 Å². The highest BCUT2D eigenvalue weighted by Crippen LogP contribution is 2.18. The van der Waals surface area contributed by atoms with Crippen LogP contribution < -0.4 is 5.32 Å². The second kappa shape index (κ2) is 6.65. The van der Waals surface area contributed by atoms with Crippen LogP contribution in [0.15, 0.2) is 18.2 Å². The Balaban J connectivity index is 2.13. The second-order valence-electron chi connectivity index (χ2n) is 4.96. The van der Waals surface area contributed by atoms with E-state index in [1.165, 1.54) is 12.1 Å². The fraction of sp³-hybridized carbons (Fsp3) is 0.533. The smallest absolute Gasteiger partial charge is 0.123 e. The number of rotatable bonds is 4. The standard InChI is InChI=1S/C15H20FN3/c1-2-19(15-5-7-18-8-6-15)11-13-9-14(16)4-3-12(13)10-17/h3-4,9,15,18H,2,5-8,11H2,1H3. The first-order chi connectivity index (χ1) is 9.24. The lowest BCUT2D eigenvalue weighted by atomic mass is 10.0. The average molecular weight is 261 g/mol. The van der Waals surface area contributed by atoms with Crippen molar-refractivity contribution < 1.29 is 4.39 Å². The molecule has 0 saturated carbocycles. The van der Waals surface area contributed by atoms with Crippen molar-refractivity contribution in [1.82, 2.24) is 10.2 Å². The summed E-state index contributed by atoms with van der Waals surface area (Å²) in [5.74, 6) is -0.268. The van der Waals surface area contributed by atoms with Gasteiger partial charge in [-0.1, -0.05) is 6.92 Å². The number of piperidine rings is 1. The summed E-state index contributed by atoms with van der Waals surface area (Å²) in [5, 5.41) is 12.5. The monoisotopic (exact) mass is 261 g/mol. The number of nitrogens with zero attached hydrogens (tertiary/aromatic N) is 2. The average Bonchev–Trinajstić information content (AvgIpc) is 2.46. The topological polar surface area (TPSA) is 39.1 Å². The van der Waals surface area contributed by atoms with Crippen molar-refractivity contribution in [3.05, 3.63) is 35.1 Å². The van der Waals surface area contributed by atoms with Crippen LogP contribution >= 0.6 is 0 Å². The summed E-state index contributed by atoms with van der Waals surface area (Å²) >= 11 is 0. The van der Waals surface area contributed by atoms with Crippen molar-refractivity contribution in [3.63, 3.8) is 0 Å². The summed E-state index contributed by atoms with van der Waals surface area (Å²) in [4.78, 5) is 2.34. The number of halogens is 1. The molecule has 1 saturated heterocycles. The fourth-order valence-electron chi connectivity index (χ4n) is 2.69. The molecule has 2 rings (SSSR count). The van der Waals surface area contributed by atoms with Gasteiger partial charge in [0.1, 0.15) is 5.82 Å². The molecule has 4 heteroatoms. The molecule has 0 bridgehead atoms. The lowest BCUT2D eigenvalue weighted by Crippen LogP contribution is -2.42. The van der Waals surface area contributed by atoms with Gasteiger partial charge in [-0.3, -0.25) is 4.90 Å². The zero-order valence-corrected chi connectivity index (χ0v) is 11.3. The maximum atomic E-state index is 13.3. The largest absolute Gasteiger partial charge is 0.317 e. The Morgan fingerprint density at radius 2 is 2.16 bits per heavy atom. The van der Waals surface area contributed by atoms with E-state index in [9.17, 15) is 4.39 Å². The Kier molecular flexibility index (Phi) is 4.89. The molecule has 0 spiro atoms. The molecule has 1 heterocycles. The van der Waals surface area contributed by atoms with Gasteiger partial charge in [0, 0.05) is 12.6 Å². The summed E-state index contributed by atoms with van der Waals surface area (Å²) in [6, 6.07) is 7.09. The van der Waals surface area contributed by atoms with Crippen LogP contribution in [0, 0.1) is 17.1 Å². The Labute approximate surface area is 114 Å². The molecule has 1 aliphatic heterocycles. The van der Waals surface area contributed by atoms with Gasteiger partial charge in [-0.25, -0.2) is 4.39 Å². The first-order valence-electron chi connectivity index (χ1n) is 6.88. The van der Waals surface area contributed by atoms with Crippen molar-refractivity contribution in [2.75, 3.05) is 19.6 Å². The van der Waals surface area contributed by atoms with E-state index in [0.29, 0.717) is 18.2 Å². The molecule has 1 aromatic rings. The van der Waals surface area contributed by atoms with Crippen LogP contribution in [-0.2, 0) is 6.54 Å². The van der Waals surface area contributed by atoms with Crippen LogP contribution in [0.2, 0.25) is 0 Å². The summed E-state index contributed by atoms with van der Waals surface area (Å²) < 4.78 is 13.3.